The van der Waals surface area contributed by atoms with Crippen molar-refractivity contribution in [2.24, 2.45) is 5.92 Å². The largest absolute Gasteiger partial charge is 0.504 e. The van der Waals surface area contributed by atoms with Crippen LogP contribution in [0.2, 0.25) is 0 Å². The van der Waals surface area contributed by atoms with Gasteiger partial charge in [-0.2, -0.15) is 0 Å². The number of carbonyl (C=O) groups excluding carboxylic acids is 1. The standard InChI is InChI=1S/C24H33NO4/c1-4-11-25-12-10-23-20-16-5-6-17(26)21(20)29-22(23)18(27)7-9-24(23,19(25)14-16)28-13-8-15(2)3/h5-6,15,19,22,26H,4,7-14H2,1-3H3/t19?,22-,23-,24+/m0/s1. The van der Waals surface area contributed by atoms with Gasteiger partial charge in [0.2, 0.25) is 0 Å². The van der Waals surface area contributed by atoms with Crippen molar-refractivity contribution >= 4 is 5.78 Å². The summed E-state index contributed by atoms with van der Waals surface area (Å²) in [4.78, 5) is 15.7. The van der Waals surface area contributed by atoms with Crippen LogP contribution in [0.4, 0.5) is 0 Å². The van der Waals surface area contributed by atoms with Crippen LogP contribution in [0, 0.1) is 5.92 Å². The Balaban J connectivity index is 1.69. The zero-order valence-corrected chi connectivity index (χ0v) is 17.9. The van der Waals surface area contributed by atoms with Gasteiger partial charge in [0, 0.05) is 24.6 Å². The zero-order valence-electron chi connectivity index (χ0n) is 17.9. The summed E-state index contributed by atoms with van der Waals surface area (Å²) in [5.41, 5.74) is 1.42. The second-order valence-electron chi connectivity index (χ2n) is 9.81. The molecule has 0 aromatic heterocycles. The van der Waals surface area contributed by atoms with Crippen LogP contribution in [0.25, 0.3) is 0 Å². The van der Waals surface area contributed by atoms with Gasteiger partial charge in [-0.1, -0.05) is 26.8 Å². The number of hydrogen-bond acceptors (Lipinski definition) is 5. The number of piperidine rings is 1. The number of hydrogen-bond donors (Lipinski definition) is 1. The first-order valence-electron chi connectivity index (χ1n) is 11.4. The number of phenols is 1. The Bertz CT molecular complexity index is 836. The van der Waals surface area contributed by atoms with Crippen molar-refractivity contribution in [2.45, 2.75) is 82.5 Å². The summed E-state index contributed by atoms with van der Waals surface area (Å²) in [5.74, 6) is 1.44. The highest BCUT2D eigenvalue weighted by Gasteiger charge is 2.74. The molecule has 2 bridgehead atoms. The van der Waals surface area contributed by atoms with E-state index in [1.807, 2.05) is 6.07 Å². The summed E-state index contributed by atoms with van der Waals surface area (Å²) in [6.07, 6.45) is 4.60. The number of likely N-dealkylation sites (tertiary alicyclic amines) is 1. The molecule has 1 aromatic carbocycles. The molecule has 0 radical (unpaired) electrons. The predicted octanol–water partition coefficient (Wildman–Crippen LogP) is 3.60. The molecule has 5 heteroatoms. The molecule has 2 aliphatic heterocycles. The second-order valence-corrected chi connectivity index (χ2v) is 9.81. The van der Waals surface area contributed by atoms with E-state index < -0.39 is 17.1 Å². The molecule has 1 aromatic rings. The molecule has 2 aliphatic carbocycles. The van der Waals surface area contributed by atoms with Crippen molar-refractivity contribution in [3.05, 3.63) is 23.3 Å². The number of benzene rings is 1. The summed E-state index contributed by atoms with van der Waals surface area (Å²) in [5, 5.41) is 10.6. The number of carbonyl (C=O) groups is 1. The van der Waals surface area contributed by atoms with Crippen molar-refractivity contribution in [3.8, 4) is 11.5 Å². The molecule has 2 fully saturated rings. The van der Waals surface area contributed by atoms with E-state index in [-0.39, 0.29) is 17.6 Å². The first-order chi connectivity index (χ1) is 13.9. The van der Waals surface area contributed by atoms with Crippen LogP contribution in [0.15, 0.2) is 12.1 Å². The van der Waals surface area contributed by atoms with E-state index in [1.165, 1.54) is 5.56 Å². The highest BCUT2D eigenvalue weighted by Crippen LogP contribution is 2.66. The van der Waals surface area contributed by atoms with Gasteiger partial charge >= 0.3 is 0 Å². The summed E-state index contributed by atoms with van der Waals surface area (Å²) >= 11 is 0. The number of ether oxygens (including phenoxy) is 2. The van der Waals surface area contributed by atoms with Gasteiger partial charge in [0.05, 0.1) is 11.0 Å². The molecular formula is C24H33NO4. The van der Waals surface area contributed by atoms with Crippen LogP contribution < -0.4 is 4.74 Å². The van der Waals surface area contributed by atoms with Crippen molar-refractivity contribution < 1.29 is 19.4 Å². The minimum atomic E-state index is -0.524. The Morgan fingerprint density at radius 2 is 2.17 bits per heavy atom. The van der Waals surface area contributed by atoms with Gasteiger partial charge in [-0.05, 0) is 62.7 Å². The van der Waals surface area contributed by atoms with Gasteiger partial charge in [0.25, 0.3) is 0 Å². The molecule has 1 saturated heterocycles. The molecule has 158 valence electrons. The number of nitrogens with zero attached hydrogens (tertiary/aromatic N) is 1. The smallest absolute Gasteiger partial charge is 0.174 e. The van der Waals surface area contributed by atoms with E-state index in [4.69, 9.17) is 9.47 Å². The lowest BCUT2D eigenvalue weighted by atomic mass is 9.48. The van der Waals surface area contributed by atoms with Gasteiger partial charge in [-0.25, -0.2) is 0 Å². The first kappa shape index (κ1) is 19.4. The average molecular weight is 400 g/mol. The quantitative estimate of drug-likeness (QED) is 0.792. The lowest BCUT2D eigenvalue weighted by Gasteiger charge is -2.64. The van der Waals surface area contributed by atoms with E-state index in [2.05, 4.69) is 25.7 Å². The van der Waals surface area contributed by atoms with Gasteiger partial charge in [0.15, 0.2) is 23.4 Å². The van der Waals surface area contributed by atoms with E-state index in [9.17, 15) is 9.90 Å². The van der Waals surface area contributed by atoms with E-state index in [1.54, 1.807) is 6.07 Å². The minimum Gasteiger partial charge on any atom is -0.504 e. The molecule has 0 amide bonds. The molecule has 4 atom stereocenters. The van der Waals surface area contributed by atoms with Crippen LogP contribution in [0.3, 0.4) is 0 Å². The van der Waals surface area contributed by atoms with Crippen molar-refractivity contribution in [2.75, 3.05) is 19.7 Å². The molecule has 4 aliphatic rings. The van der Waals surface area contributed by atoms with E-state index >= 15 is 0 Å². The normalized spacial score (nSPS) is 35.0. The Morgan fingerprint density at radius 1 is 1.34 bits per heavy atom. The van der Waals surface area contributed by atoms with Crippen LogP contribution in [-0.2, 0) is 21.4 Å². The monoisotopic (exact) mass is 399 g/mol. The molecule has 1 N–H and O–H groups in total. The van der Waals surface area contributed by atoms with Gasteiger partial charge in [-0.3, -0.25) is 9.69 Å². The Hall–Kier alpha value is -1.59. The number of rotatable bonds is 6. The SMILES string of the molecule is CCCN1CC[C@]23c4c5ccc(O)c4O[C@H]2C(=O)CC[C@@]3(OCCC(C)C)C1C5. The highest BCUT2D eigenvalue weighted by atomic mass is 16.5. The summed E-state index contributed by atoms with van der Waals surface area (Å²) in [7, 11) is 0. The second kappa shape index (κ2) is 6.71. The molecule has 2 heterocycles. The average Bonchev–Trinajstić information content (AvgIpc) is 3.04. The zero-order chi connectivity index (χ0) is 20.4. The first-order valence-corrected chi connectivity index (χ1v) is 11.4. The molecular weight excluding hydrogens is 366 g/mol. The third-order valence-electron chi connectivity index (χ3n) is 7.89. The van der Waals surface area contributed by atoms with Gasteiger partial charge in [-0.15, -0.1) is 0 Å². The highest BCUT2D eigenvalue weighted by molar-refractivity contribution is 5.90. The molecule has 5 nitrogen and oxygen atoms in total. The van der Waals surface area contributed by atoms with Crippen LogP contribution in [0.5, 0.6) is 11.5 Å². The van der Waals surface area contributed by atoms with Crippen molar-refractivity contribution in [1.82, 2.24) is 4.90 Å². The van der Waals surface area contributed by atoms with Crippen molar-refractivity contribution in [1.29, 1.82) is 0 Å². The van der Waals surface area contributed by atoms with Crippen molar-refractivity contribution in [3.63, 3.8) is 0 Å². The molecule has 29 heavy (non-hydrogen) atoms. The maximum absolute atomic E-state index is 13.1. The van der Waals surface area contributed by atoms with Crippen LogP contribution >= 0.6 is 0 Å². The van der Waals surface area contributed by atoms with Gasteiger partial charge < -0.3 is 14.6 Å². The maximum Gasteiger partial charge on any atom is 0.174 e. The van der Waals surface area contributed by atoms with Crippen LogP contribution in [0.1, 0.15) is 64.0 Å². The summed E-state index contributed by atoms with van der Waals surface area (Å²) < 4.78 is 13.2. The number of Topliss-reactive ketones (excluding diaryl/α,β-unsaturated/α-hetero) is 1. The Morgan fingerprint density at radius 3 is 2.93 bits per heavy atom. The third kappa shape index (κ3) is 2.43. The number of phenolic OH excluding ortho intramolecular Hbond substituents is 1. The van der Waals surface area contributed by atoms with Crippen LogP contribution in [-0.4, -0.2) is 53.2 Å². The lowest BCUT2D eigenvalue weighted by molar-refractivity contribution is -0.214. The molecule has 1 saturated carbocycles. The fourth-order valence-electron chi connectivity index (χ4n) is 6.71. The van der Waals surface area contributed by atoms with E-state index in [0.29, 0.717) is 24.7 Å². The summed E-state index contributed by atoms with van der Waals surface area (Å²) in [6.45, 7) is 9.39. The topological polar surface area (TPSA) is 59.0 Å². The minimum absolute atomic E-state index is 0.158. The third-order valence-corrected chi connectivity index (χ3v) is 7.89. The summed E-state index contributed by atoms with van der Waals surface area (Å²) in [6, 6.07) is 4.03. The molecule has 1 unspecified atom stereocenters. The fraction of sp³-hybridized carbons (Fsp3) is 0.708. The number of aromatic hydroxyl groups is 1. The predicted molar refractivity (Wildman–Crippen MR) is 111 cm³/mol. The fourth-order valence-corrected chi connectivity index (χ4v) is 6.71. The lowest BCUT2D eigenvalue weighted by Crippen LogP contribution is -2.77. The Labute approximate surface area is 173 Å². The molecule has 5 rings (SSSR count). The van der Waals surface area contributed by atoms with Gasteiger partial charge in [0.1, 0.15) is 0 Å². The molecule has 1 spiro atoms. The maximum atomic E-state index is 13.1. The van der Waals surface area contributed by atoms with E-state index in [0.717, 1.165) is 50.8 Å². The number of ketones is 1. The Kier molecular flexibility index (Phi) is 4.48.